The fourth-order valence-corrected chi connectivity index (χ4v) is 4.92. The highest BCUT2D eigenvalue weighted by Crippen LogP contribution is 2.72. The van der Waals surface area contributed by atoms with Crippen molar-refractivity contribution in [3.05, 3.63) is 35.9 Å². The number of ether oxygens (including phenoxy) is 2. The lowest BCUT2D eigenvalue weighted by atomic mass is 9.63. The van der Waals surface area contributed by atoms with E-state index in [4.69, 9.17) is 9.47 Å². The summed E-state index contributed by atoms with van der Waals surface area (Å²) < 4.78 is 11.5. The molecule has 4 rings (SSSR count). The van der Waals surface area contributed by atoms with Crippen molar-refractivity contribution in [3.63, 3.8) is 0 Å². The fraction of sp³-hybridized carbons (Fsp3) is 0.684. The predicted molar refractivity (Wildman–Crippen MR) is 86.5 cm³/mol. The van der Waals surface area contributed by atoms with Gasteiger partial charge in [-0.25, -0.2) is 0 Å². The molecule has 22 heavy (non-hydrogen) atoms. The molecule has 3 heteroatoms. The Morgan fingerprint density at radius 1 is 1.18 bits per heavy atom. The maximum absolute atomic E-state index is 6.05. The smallest absolute Gasteiger partial charge is 0.0717 e. The molecule has 1 saturated heterocycles. The van der Waals surface area contributed by atoms with E-state index in [1.807, 2.05) is 0 Å². The van der Waals surface area contributed by atoms with Gasteiger partial charge in [-0.15, -0.1) is 0 Å². The van der Waals surface area contributed by atoms with Gasteiger partial charge in [-0.3, -0.25) is 4.90 Å². The number of nitrogens with zero attached hydrogens (tertiary/aromatic N) is 1. The second kappa shape index (κ2) is 5.63. The maximum Gasteiger partial charge on any atom is 0.0717 e. The van der Waals surface area contributed by atoms with Crippen LogP contribution in [0.1, 0.15) is 19.4 Å². The molecule has 4 atom stereocenters. The average Bonchev–Trinajstić information content (AvgIpc) is 3.26. The van der Waals surface area contributed by atoms with E-state index in [0.717, 1.165) is 57.4 Å². The van der Waals surface area contributed by atoms with E-state index >= 15 is 0 Å². The lowest BCUT2D eigenvalue weighted by molar-refractivity contribution is -0.0322. The van der Waals surface area contributed by atoms with Gasteiger partial charge in [0.1, 0.15) is 0 Å². The minimum Gasteiger partial charge on any atom is -0.379 e. The number of benzene rings is 1. The van der Waals surface area contributed by atoms with Gasteiger partial charge in [-0.1, -0.05) is 44.2 Å². The number of hydrogen-bond donors (Lipinski definition) is 0. The Hall–Kier alpha value is -0.900. The zero-order valence-electron chi connectivity index (χ0n) is 13.7. The molecule has 0 aromatic heterocycles. The van der Waals surface area contributed by atoms with Gasteiger partial charge in [0.2, 0.25) is 0 Å². The van der Waals surface area contributed by atoms with Crippen LogP contribution in [0.3, 0.4) is 0 Å². The molecule has 1 aromatic carbocycles. The van der Waals surface area contributed by atoms with E-state index < -0.39 is 0 Å². The van der Waals surface area contributed by atoms with E-state index in [1.165, 1.54) is 5.56 Å². The second-order valence-corrected chi connectivity index (χ2v) is 7.67. The molecule has 0 N–H and O–H groups in total. The Morgan fingerprint density at radius 3 is 2.64 bits per heavy atom. The Labute approximate surface area is 133 Å². The van der Waals surface area contributed by atoms with Crippen LogP contribution >= 0.6 is 0 Å². The van der Waals surface area contributed by atoms with E-state index in [9.17, 15) is 0 Å². The average molecular weight is 301 g/mol. The molecule has 0 radical (unpaired) electrons. The Morgan fingerprint density at radius 2 is 1.91 bits per heavy atom. The third kappa shape index (κ3) is 2.40. The van der Waals surface area contributed by atoms with Crippen LogP contribution in [0, 0.1) is 23.2 Å². The van der Waals surface area contributed by atoms with Crippen molar-refractivity contribution in [1.82, 2.24) is 4.90 Å². The molecule has 120 valence electrons. The van der Waals surface area contributed by atoms with Gasteiger partial charge >= 0.3 is 0 Å². The van der Waals surface area contributed by atoms with Gasteiger partial charge in [-0.05, 0) is 28.7 Å². The van der Waals surface area contributed by atoms with Crippen molar-refractivity contribution in [2.45, 2.75) is 26.5 Å². The minimum absolute atomic E-state index is 0.435. The first-order valence-corrected chi connectivity index (χ1v) is 8.63. The normalized spacial score (nSPS) is 36.5. The molecule has 3 aliphatic rings. The van der Waals surface area contributed by atoms with Crippen LogP contribution in [0.2, 0.25) is 0 Å². The largest absolute Gasteiger partial charge is 0.379 e. The highest BCUT2D eigenvalue weighted by molar-refractivity contribution is 5.24. The number of hydrogen-bond acceptors (Lipinski definition) is 3. The fourth-order valence-electron chi connectivity index (χ4n) is 4.92. The zero-order chi connectivity index (χ0) is 15.2. The number of morpholine rings is 1. The summed E-state index contributed by atoms with van der Waals surface area (Å²) in [4.78, 5) is 2.66. The zero-order valence-corrected chi connectivity index (χ0v) is 13.7. The van der Waals surface area contributed by atoms with Crippen molar-refractivity contribution < 1.29 is 9.47 Å². The molecule has 2 aliphatic carbocycles. The maximum atomic E-state index is 6.05. The third-order valence-corrected chi connectivity index (χ3v) is 6.19. The molecule has 1 heterocycles. The van der Waals surface area contributed by atoms with Crippen LogP contribution in [0.15, 0.2) is 30.3 Å². The van der Waals surface area contributed by atoms with Gasteiger partial charge in [0.25, 0.3) is 0 Å². The lowest BCUT2D eigenvalue weighted by Crippen LogP contribution is -2.41. The Kier molecular flexibility index (Phi) is 3.75. The van der Waals surface area contributed by atoms with Crippen LogP contribution < -0.4 is 0 Å². The van der Waals surface area contributed by atoms with Crippen LogP contribution in [-0.2, 0) is 16.1 Å². The summed E-state index contributed by atoms with van der Waals surface area (Å²) in [6, 6.07) is 11.3. The summed E-state index contributed by atoms with van der Waals surface area (Å²) in [5, 5.41) is 0. The Balaban J connectivity index is 1.31. The number of fused-ring (bicyclic) bond motifs is 1. The molecule has 1 aromatic rings. The van der Waals surface area contributed by atoms with Crippen LogP contribution in [0.25, 0.3) is 0 Å². The Bertz CT molecular complexity index is 509. The topological polar surface area (TPSA) is 21.7 Å². The molecule has 0 spiro atoms. The molecule has 0 bridgehead atoms. The SMILES string of the molecule is CC1(C)[C@H]2C(C2N2CCOCC2)[C@@H]1COCc1ccccc1. The summed E-state index contributed by atoms with van der Waals surface area (Å²) >= 11 is 0. The van der Waals surface area contributed by atoms with Gasteiger partial charge in [0.15, 0.2) is 0 Å². The van der Waals surface area contributed by atoms with Crippen molar-refractivity contribution in [3.8, 4) is 0 Å². The van der Waals surface area contributed by atoms with E-state index in [2.05, 4.69) is 49.1 Å². The molecule has 1 aliphatic heterocycles. The lowest BCUT2D eigenvalue weighted by Gasteiger charge is -2.43. The summed E-state index contributed by atoms with van der Waals surface area (Å²) in [6.45, 7) is 10.6. The molecular formula is C19H27NO2. The van der Waals surface area contributed by atoms with Crippen molar-refractivity contribution >= 4 is 0 Å². The summed E-state index contributed by atoms with van der Waals surface area (Å²) in [6.07, 6.45) is 0. The highest BCUT2D eigenvalue weighted by Gasteiger charge is 2.74. The monoisotopic (exact) mass is 301 g/mol. The quantitative estimate of drug-likeness (QED) is 0.835. The van der Waals surface area contributed by atoms with Crippen molar-refractivity contribution in [1.29, 1.82) is 0 Å². The van der Waals surface area contributed by atoms with Crippen molar-refractivity contribution in [2.75, 3.05) is 32.9 Å². The second-order valence-electron chi connectivity index (χ2n) is 7.67. The van der Waals surface area contributed by atoms with E-state index in [1.54, 1.807) is 0 Å². The van der Waals surface area contributed by atoms with Gasteiger partial charge in [0, 0.05) is 19.1 Å². The summed E-state index contributed by atoms with van der Waals surface area (Å²) in [5.74, 6) is 2.47. The summed E-state index contributed by atoms with van der Waals surface area (Å²) in [5.41, 5.74) is 1.71. The van der Waals surface area contributed by atoms with Gasteiger partial charge in [0.05, 0.1) is 26.4 Å². The standard InChI is InChI=1S/C19H27NO2/c1-19(2)15(13-22-12-14-6-4-3-5-7-14)16-17(19)18(16)20-8-10-21-11-9-20/h3-7,15-18H,8-13H2,1-2H3/t15-,16?,17-,18?/m0/s1. The molecule has 2 saturated carbocycles. The third-order valence-electron chi connectivity index (χ3n) is 6.19. The molecule has 2 unspecified atom stereocenters. The molecule has 0 amide bonds. The molecular weight excluding hydrogens is 274 g/mol. The van der Waals surface area contributed by atoms with Crippen LogP contribution in [0.4, 0.5) is 0 Å². The number of rotatable bonds is 5. The first kappa shape index (κ1) is 14.7. The van der Waals surface area contributed by atoms with E-state index in [-0.39, 0.29) is 0 Å². The van der Waals surface area contributed by atoms with Crippen LogP contribution in [0.5, 0.6) is 0 Å². The summed E-state index contributed by atoms with van der Waals surface area (Å²) in [7, 11) is 0. The highest BCUT2D eigenvalue weighted by atomic mass is 16.5. The first-order valence-electron chi connectivity index (χ1n) is 8.63. The molecule has 3 fully saturated rings. The minimum atomic E-state index is 0.435. The first-order chi connectivity index (χ1) is 10.7. The van der Waals surface area contributed by atoms with Gasteiger partial charge in [-0.2, -0.15) is 0 Å². The predicted octanol–water partition coefficient (Wildman–Crippen LogP) is 2.81. The van der Waals surface area contributed by atoms with Gasteiger partial charge < -0.3 is 9.47 Å². The van der Waals surface area contributed by atoms with E-state index in [0.29, 0.717) is 11.3 Å². The van der Waals surface area contributed by atoms with Crippen LogP contribution in [-0.4, -0.2) is 43.9 Å². The molecule has 3 nitrogen and oxygen atoms in total. The van der Waals surface area contributed by atoms with Crippen molar-refractivity contribution in [2.24, 2.45) is 23.2 Å².